The second-order valence-electron chi connectivity index (χ2n) is 4.61. The molecule has 1 aromatic carbocycles. The maximum absolute atomic E-state index is 13.4. The number of ether oxygens (including phenoxy) is 1. The summed E-state index contributed by atoms with van der Waals surface area (Å²) in [7, 11) is 0. The fourth-order valence-electron chi connectivity index (χ4n) is 1.97. The van der Waals surface area contributed by atoms with E-state index in [1.54, 1.807) is 6.07 Å². The quantitative estimate of drug-likeness (QED) is 0.651. The molecule has 5 heteroatoms. The topological polar surface area (TPSA) is 47.3 Å². The molecule has 3 N–H and O–H groups in total. The first-order valence-electron chi connectivity index (χ1n) is 5.62. The van der Waals surface area contributed by atoms with Crippen LogP contribution in [0.3, 0.4) is 0 Å². The van der Waals surface area contributed by atoms with Crippen molar-refractivity contribution >= 4 is 34.0 Å². The van der Waals surface area contributed by atoms with Gasteiger partial charge in [0.2, 0.25) is 0 Å². The number of benzene rings is 1. The molecule has 1 unspecified atom stereocenters. The van der Waals surface area contributed by atoms with E-state index in [-0.39, 0.29) is 11.4 Å². The van der Waals surface area contributed by atoms with Crippen LogP contribution >= 0.6 is 22.6 Å². The largest absolute Gasteiger partial charge is 0.397 e. The minimum Gasteiger partial charge on any atom is -0.397 e. The van der Waals surface area contributed by atoms with Crippen molar-refractivity contribution in [3.63, 3.8) is 0 Å². The second-order valence-corrected chi connectivity index (χ2v) is 5.77. The molecule has 0 aromatic heterocycles. The summed E-state index contributed by atoms with van der Waals surface area (Å²) in [5.74, 6) is -0.250. The third-order valence-electron chi connectivity index (χ3n) is 3.05. The summed E-state index contributed by atoms with van der Waals surface area (Å²) in [6, 6.07) is 3.07. The first-order valence-corrected chi connectivity index (χ1v) is 6.70. The third-order valence-corrected chi connectivity index (χ3v) is 3.87. The molecule has 3 nitrogen and oxygen atoms in total. The van der Waals surface area contributed by atoms with E-state index in [1.165, 1.54) is 6.07 Å². The lowest BCUT2D eigenvalue weighted by molar-refractivity contribution is 0.0315. The van der Waals surface area contributed by atoms with Crippen LogP contribution in [-0.4, -0.2) is 18.8 Å². The summed E-state index contributed by atoms with van der Waals surface area (Å²) in [6.45, 7) is 3.51. The fourth-order valence-corrected chi connectivity index (χ4v) is 2.46. The van der Waals surface area contributed by atoms with Crippen LogP contribution in [0.1, 0.15) is 19.8 Å². The molecule has 0 amide bonds. The molecule has 0 aliphatic carbocycles. The molecule has 1 fully saturated rings. The van der Waals surface area contributed by atoms with Gasteiger partial charge in [-0.15, -0.1) is 0 Å². The van der Waals surface area contributed by atoms with Gasteiger partial charge in [-0.2, -0.15) is 0 Å². The van der Waals surface area contributed by atoms with E-state index in [0.29, 0.717) is 21.5 Å². The van der Waals surface area contributed by atoms with Crippen LogP contribution in [0.4, 0.5) is 15.8 Å². The van der Waals surface area contributed by atoms with Crippen LogP contribution in [0.2, 0.25) is 0 Å². The van der Waals surface area contributed by atoms with Crippen LogP contribution < -0.4 is 11.1 Å². The van der Waals surface area contributed by atoms with E-state index in [0.717, 1.165) is 19.4 Å². The molecule has 1 aliphatic heterocycles. The highest BCUT2D eigenvalue weighted by Crippen LogP contribution is 2.28. The maximum Gasteiger partial charge on any atom is 0.138 e. The Kier molecular flexibility index (Phi) is 3.77. The zero-order chi connectivity index (χ0) is 12.5. The van der Waals surface area contributed by atoms with Crippen molar-refractivity contribution < 1.29 is 9.13 Å². The SMILES string of the molecule is CC1(CNc2cc(F)c(I)cc2N)CCCO1. The zero-order valence-corrected chi connectivity index (χ0v) is 11.9. The molecule has 17 heavy (non-hydrogen) atoms. The van der Waals surface area contributed by atoms with E-state index in [1.807, 2.05) is 22.6 Å². The summed E-state index contributed by atoms with van der Waals surface area (Å²) in [6.07, 6.45) is 2.10. The molecule has 0 spiro atoms. The van der Waals surface area contributed by atoms with Crippen LogP contribution in [0.5, 0.6) is 0 Å². The van der Waals surface area contributed by atoms with E-state index < -0.39 is 0 Å². The minimum absolute atomic E-state index is 0.161. The van der Waals surface area contributed by atoms with Gasteiger partial charge < -0.3 is 15.8 Å². The van der Waals surface area contributed by atoms with Crippen molar-refractivity contribution in [2.45, 2.75) is 25.4 Å². The molecule has 1 aromatic rings. The van der Waals surface area contributed by atoms with Crippen molar-refractivity contribution in [3.05, 3.63) is 21.5 Å². The Morgan fingerprint density at radius 1 is 1.59 bits per heavy atom. The molecular formula is C12H16FIN2O. The number of nitrogens with one attached hydrogen (secondary N) is 1. The van der Waals surface area contributed by atoms with Crippen LogP contribution in [0, 0.1) is 9.39 Å². The van der Waals surface area contributed by atoms with Crippen molar-refractivity contribution in [3.8, 4) is 0 Å². The fraction of sp³-hybridized carbons (Fsp3) is 0.500. The molecular weight excluding hydrogens is 334 g/mol. The van der Waals surface area contributed by atoms with Gasteiger partial charge >= 0.3 is 0 Å². The average Bonchev–Trinajstić information content (AvgIpc) is 2.69. The molecule has 0 radical (unpaired) electrons. The van der Waals surface area contributed by atoms with Gasteiger partial charge in [-0.1, -0.05) is 0 Å². The number of nitrogen functional groups attached to an aromatic ring is 1. The molecule has 1 aliphatic rings. The lowest BCUT2D eigenvalue weighted by Gasteiger charge is -2.24. The van der Waals surface area contributed by atoms with Crippen molar-refractivity contribution in [1.82, 2.24) is 0 Å². The Balaban J connectivity index is 2.06. The zero-order valence-electron chi connectivity index (χ0n) is 9.72. The molecule has 2 rings (SSSR count). The number of hydrogen-bond acceptors (Lipinski definition) is 3. The Labute approximate surface area is 114 Å². The smallest absolute Gasteiger partial charge is 0.138 e. The Morgan fingerprint density at radius 3 is 3.00 bits per heavy atom. The van der Waals surface area contributed by atoms with E-state index >= 15 is 0 Å². The van der Waals surface area contributed by atoms with Gasteiger partial charge in [-0.05, 0) is 48.4 Å². The molecule has 0 bridgehead atoms. The van der Waals surface area contributed by atoms with Crippen LogP contribution in [0.25, 0.3) is 0 Å². The molecule has 1 atom stereocenters. The standard InChI is InChI=1S/C12H16FIN2O/c1-12(3-2-4-17-12)7-16-11-5-8(13)9(14)6-10(11)15/h5-6,16H,2-4,7,15H2,1H3. The highest BCUT2D eigenvalue weighted by molar-refractivity contribution is 14.1. The van der Waals surface area contributed by atoms with Gasteiger partial charge in [0.1, 0.15) is 5.82 Å². The van der Waals surface area contributed by atoms with Gasteiger partial charge in [0.15, 0.2) is 0 Å². The summed E-state index contributed by atoms with van der Waals surface area (Å²) < 4.78 is 19.6. The first-order chi connectivity index (χ1) is 8.00. The lowest BCUT2D eigenvalue weighted by Crippen LogP contribution is -2.32. The molecule has 1 saturated heterocycles. The average molecular weight is 350 g/mol. The van der Waals surface area contributed by atoms with Gasteiger partial charge in [0, 0.05) is 19.2 Å². The van der Waals surface area contributed by atoms with Gasteiger partial charge in [0.05, 0.1) is 20.5 Å². The lowest BCUT2D eigenvalue weighted by atomic mass is 10.0. The number of anilines is 2. The van der Waals surface area contributed by atoms with Gasteiger partial charge in [-0.25, -0.2) is 4.39 Å². The van der Waals surface area contributed by atoms with Gasteiger partial charge in [0.25, 0.3) is 0 Å². The summed E-state index contributed by atoms with van der Waals surface area (Å²) in [5.41, 5.74) is 6.89. The maximum atomic E-state index is 13.4. The molecule has 94 valence electrons. The molecule has 0 saturated carbocycles. The normalized spacial score (nSPS) is 23.9. The number of hydrogen-bond donors (Lipinski definition) is 2. The van der Waals surface area contributed by atoms with Crippen LogP contribution in [0.15, 0.2) is 12.1 Å². The van der Waals surface area contributed by atoms with E-state index in [4.69, 9.17) is 10.5 Å². The summed E-state index contributed by atoms with van der Waals surface area (Å²) >= 11 is 1.93. The number of rotatable bonds is 3. The minimum atomic E-state index is -0.250. The predicted octanol–water partition coefficient (Wildman–Crippen LogP) is 2.99. The molecule has 1 heterocycles. The van der Waals surface area contributed by atoms with Crippen LogP contribution in [-0.2, 0) is 4.74 Å². The highest BCUT2D eigenvalue weighted by atomic mass is 127. The Morgan fingerprint density at radius 2 is 2.35 bits per heavy atom. The second kappa shape index (κ2) is 4.97. The monoisotopic (exact) mass is 350 g/mol. The summed E-state index contributed by atoms with van der Waals surface area (Å²) in [5, 5.41) is 3.17. The Hall–Kier alpha value is -0.560. The number of halogens is 2. The van der Waals surface area contributed by atoms with Crippen molar-refractivity contribution in [1.29, 1.82) is 0 Å². The van der Waals surface area contributed by atoms with Crippen molar-refractivity contribution in [2.75, 3.05) is 24.2 Å². The van der Waals surface area contributed by atoms with E-state index in [9.17, 15) is 4.39 Å². The predicted molar refractivity (Wildman–Crippen MR) is 75.6 cm³/mol. The highest BCUT2D eigenvalue weighted by Gasteiger charge is 2.29. The Bertz CT molecular complexity index is 419. The van der Waals surface area contributed by atoms with Crippen molar-refractivity contribution in [2.24, 2.45) is 0 Å². The first kappa shape index (κ1) is 12.9. The number of nitrogens with two attached hydrogens (primary N) is 1. The van der Waals surface area contributed by atoms with Gasteiger partial charge in [-0.3, -0.25) is 0 Å². The summed E-state index contributed by atoms with van der Waals surface area (Å²) in [4.78, 5) is 0. The third kappa shape index (κ3) is 3.01. The van der Waals surface area contributed by atoms with E-state index in [2.05, 4.69) is 12.2 Å².